The summed E-state index contributed by atoms with van der Waals surface area (Å²) in [4.78, 5) is 17.9. The molecule has 3 heterocycles. The minimum Gasteiger partial charge on any atom is -0.467 e. The van der Waals surface area contributed by atoms with Crippen LogP contribution in [-0.2, 0) is 13.1 Å². The minimum atomic E-state index is -0.204. The molecule has 7 heteroatoms. The Morgan fingerprint density at radius 1 is 1.07 bits per heavy atom. The topological polar surface area (TPSA) is 62.7 Å². The van der Waals surface area contributed by atoms with Gasteiger partial charge in [-0.15, -0.1) is 11.3 Å². The summed E-state index contributed by atoms with van der Waals surface area (Å²) in [6.45, 7) is 0.789. The van der Waals surface area contributed by atoms with E-state index in [4.69, 9.17) is 8.94 Å². The third kappa shape index (κ3) is 4.41. The zero-order chi connectivity index (χ0) is 20.2. The molecule has 0 saturated carbocycles. The highest BCUT2D eigenvalue weighted by molar-refractivity contribution is 7.13. The standard InChI is InChI=1S/C22H21N3O3S/c1-24(2)17-9-7-16(8-10-17)14-25(15-18-5-3-11-27-18)22(26)19-13-20(28-23-19)21-6-4-12-29-21/h3-13H,14-15H2,1-2H3. The van der Waals surface area contributed by atoms with Crippen LogP contribution in [0.25, 0.3) is 10.6 Å². The lowest BCUT2D eigenvalue weighted by atomic mass is 10.1. The number of thiophene rings is 1. The number of carbonyl (C=O) groups is 1. The third-order valence-corrected chi connectivity index (χ3v) is 5.42. The maximum absolute atomic E-state index is 13.2. The number of hydrogen-bond acceptors (Lipinski definition) is 6. The predicted molar refractivity (Wildman–Crippen MR) is 113 cm³/mol. The molecule has 0 aliphatic carbocycles. The van der Waals surface area contributed by atoms with Gasteiger partial charge in [0.2, 0.25) is 0 Å². The monoisotopic (exact) mass is 407 g/mol. The number of furan rings is 1. The van der Waals surface area contributed by atoms with Crippen molar-refractivity contribution in [2.24, 2.45) is 0 Å². The Kier molecular flexibility index (Phi) is 5.48. The van der Waals surface area contributed by atoms with Crippen molar-refractivity contribution >= 4 is 22.9 Å². The molecule has 0 fully saturated rings. The fraction of sp³-hybridized carbons (Fsp3) is 0.182. The zero-order valence-corrected chi connectivity index (χ0v) is 17.1. The van der Waals surface area contributed by atoms with Crippen LogP contribution in [0.4, 0.5) is 5.69 Å². The molecule has 3 aromatic heterocycles. The molecule has 0 unspecified atom stereocenters. The van der Waals surface area contributed by atoms with Crippen molar-refractivity contribution in [3.8, 4) is 10.6 Å². The number of nitrogens with zero attached hydrogens (tertiary/aromatic N) is 3. The average molecular weight is 407 g/mol. The van der Waals surface area contributed by atoms with Crippen molar-refractivity contribution in [1.29, 1.82) is 0 Å². The van der Waals surface area contributed by atoms with Crippen LogP contribution < -0.4 is 4.90 Å². The summed E-state index contributed by atoms with van der Waals surface area (Å²) in [5.74, 6) is 1.10. The van der Waals surface area contributed by atoms with Gasteiger partial charge in [0.15, 0.2) is 11.5 Å². The molecule has 148 valence electrons. The SMILES string of the molecule is CN(C)c1ccc(CN(Cc2ccco2)C(=O)c2cc(-c3cccs3)on2)cc1. The van der Waals surface area contributed by atoms with E-state index >= 15 is 0 Å². The average Bonchev–Trinajstić information content (AvgIpc) is 3.49. The normalized spacial score (nSPS) is 10.8. The maximum Gasteiger partial charge on any atom is 0.276 e. The summed E-state index contributed by atoms with van der Waals surface area (Å²) < 4.78 is 10.9. The van der Waals surface area contributed by atoms with Crippen LogP contribution in [0, 0.1) is 0 Å². The Bertz CT molecular complexity index is 1050. The molecule has 6 nitrogen and oxygen atoms in total. The number of benzene rings is 1. The Hall–Kier alpha value is -3.32. The molecule has 0 spiro atoms. The van der Waals surface area contributed by atoms with Crippen LogP contribution in [-0.4, -0.2) is 30.1 Å². The molecule has 0 radical (unpaired) electrons. The number of rotatable bonds is 7. The Balaban J connectivity index is 1.57. The van der Waals surface area contributed by atoms with Crippen molar-refractivity contribution in [3.63, 3.8) is 0 Å². The molecule has 1 aromatic carbocycles. The van der Waals surface area contributed by atoms with E-state index in [1.807, 2.05) is 72.9 Å². The first-order valence-electron chi connectivity index (χ1n) is 9.18. The smallest absolute Gasteiger partial charge is 0.276 e. The van der Waals surface area contributed by atoms with Crippen LogP contribution >= 0.6 is 11.3 Å². The fourth-order valence-corrected chi connectivity index (χ4v) is 3.66. The maximum atomic E-state index is 13.2. The van der Waals surface area contributed by atoms with E-state index < -0.39 is 0 Å². The molecule has 4 rings (SSSR count). The molecule has 0 N–H and O–H groups in total. The summed E-state index contributed by atoms with van der Waals surface area (Å²) in [5.41, 5.74) is 2.41. The van der Waals surface area contributed by atoms with Crippen LogP contribution in [0.1, 0.15) is 21.8 Å². The summed E-state index contributed by atoms with van der Waals surface area (Å²) in [7, 11) is 4.00. The molecule has 0 aliphatic heterocycles. The quantitative estimate of drug-likeness (QED) is 0.436. The van der Waals surface area contributed by atoms with Gasteiger partial charge in [0.05, 0.1) is 17.7 Å². The van der Waals surface area contributed by atoms with Gasteiger partial charge >= 0.3 is 0 Å². The molecule has 1 amide bonds. The summed E-state index contributed by atoms with van der Waals surface area (Å²) >= 11 is 1.54. The zero-order valence-electron chi connectivity index (χ0n) is 16.2. The van der Waals surface area contributed by atoms with E-state index in [1.165, 1.54) is 0 Å². The van der Waals surface area contributed by atoms with Crippen molar-refractivity contribution < 1.29 is 13.7 Å². The second-order valence-electron chi connectivity index (χ2n) is 6.86. The lowest BCUT2D eigenvalue weighted by Crippen LogP contribution is -2.30. The number of aromatic nitrogens is 1. The first-order valence-corrected chi connectivity index (χ1v) is 10.1. The van der Waals surface area contributed by atoms with Crippen molar-refractivity contribution in [2.45, 2.75) is 13.1 Å². The molecular formula is C22H21N3O3S. The van der Waals surface area contributed by atoms with E-state index in [9.17, 15) is 4.79 Å². The number of anilines is 1. The van der Waals surface area contributed by atoms with Crippen LogP contribution in [0.15, 0.2) is 75.2 Å². The highest BCUT2D eigenvalue weighted by Crippen LogP contribution is 2.26. The lowest BCUT2D eigenvalue weighted by Gasteiger charge is -2.21. The van der Waals surface area contributed by atoms with E-state index in [0.29, 0.717) is 24.6 Å². The molecule has 29 heavy (non-hydrogen) atoms. The van der Waals surface area contributed by atoms with Crippen molar-refractivity contribution in [3.05, 3.63) is 83.3 Å². The highest BCUT2D eigenvalue weighted by atomic mass is 32.1. The van der Waals surface area contributed by atoms with Crippen LogP contribution in [0.3, 0.4) is 0 Å². The summed E-state index contributed by atoms with van der Waals surface area (Å²) in [5, 5.41) is 5.96. The van der Waals surface area contributed by atoms with Gasteiger partial charge in [-0.05, 0) is 41.3 Å². The van der Waals surface area contributed by atoms with Gasteiger partial charge in [-0.1, -0.05) is 23.4 Å². The molecular weight excluding hydrogens is 386 g/mol. The van der Waals surface area contributed by atoms with Gasteiger partial charge in [-0.3, -0.25) is 4.79 Å². The number of amides is 1. The van der Waals surface area contributed by atoms with Crippen LogP contribution in [0.5, 0.6) is 0 Å². The van der Waals surface area contributed by atoms with Gasteiger partial charge in [0.25, 0.3) is 5.91 Å². The number of carbonyl (C=O) groups excluding carboxylic acids is 1. The van der Waals surface area contributed by atoms with Gasteiger partial charge in [0.1, 0.15) is 5.76 Å². The van der Waals surface area contributed by atoms with E-state index in [-0.39, 0.29) is 11.6 Å². The third-order valence-electron chi connectivity index (χ3n) is 4.53. The van der Waals surface area contributed by atoms with E-state index in [1.54, 1.807) is 28.6 Å². The molecule has 0 saturated heterocycles. The van der Waals surface area contributed by atoms with Gasteiger partial charge in [-0.25, -0.2) is 0 Å². The molecule has 0 aliphatic rings. The van der Waals surface area contributed by atoms with Crippen LogP contribution in [0.2, 0.25) is 0 Å². The summed E-state index contributed by atoms with van der Waals surface area (Å²) in [6.07, 6.45) is 1.61. The molecule has 0 atom stereocenters. The Morgan fingerprint density at radius 3 is 2.55 bits per heavy atom. The second-order valence-corrected chi connectivity index (χ2v) is 7.80. The number of hydrogen-bond donors (Lipinski definition) is 0. The first-order chi connectivity index (χ1) is 14.1. The summed E-state index contributed by atoms with van der Waals surface area (Å²) in [6, 6.07) is 17.4. The molecule has 0 bridgehead atoms. The van der Waals surface area contributed by atoms with Crippen molar-refractivity contribution in [2.75, 3.05) is 19.0 Å². The lowest BCUT2D eigenvalue weighted by molar-refractivity contribution is 0.0707. The van der Waals surface area contributed by atoms with E-state index in [2.05, 4.69) is 5.16 Å². The largest absolute Gasteiger partial charge is 0.467 e. The first kappa shape index (κ1) is 19.0. The van der Waals surface area contributed by atoms with Gasteiger partial charge in [-0.2, -0.15) is 0 Å². The highest BCUT2D eigenvalue weighted by Gasteiger charge is 2.22. The van der Waals surface area contributed by atoms with Gasteiger partial charge < -0.3 is 18.7 Å². The predicted octanol–water partition coefficient (Wildman–Crippen LogP) is 4.90. The second kappa shape index (κ2) is 8.36. The fourth-order valence-electron chi connectivity index (χ4n) is 2.98. The minimum absolute atomic E-state index is 0.204. The molecule has 4 aromatic rings. The van der Waals surface area contributed by atoms with E-state index in [0.717, 1.165) is 16.1 Å². The van der Waals surface area contributed by atoms with Gasteiger partial charge in [0, 0.05) is 32.4 Å². The Labute approximate surface area is 173 Å². The van der Waals surface area contributed by atoms with Crippen molar-refractivity contribution in [1.82, 2.24) is 10.1 Å². The Morgan fingerprint density at radius 2 is 1.90 bits per heavy atom.